The van der Waals surface area contributed by atoms with Crippen LogP contribution in [0.4, 0.5) is 0 Å². The molecule has 10 heavy (non-hydrogen) atoms. The second-order valence-electron chi connectivity index (χ2n) is 1.94. The normalized spacial score (nSPS) is 10.6. The average Bonchev–Trinajstić information content (AvgIpc) is 1.88. The molecule has 0 aromatic heterocycles. The Bertz CT molecular complexity index is 243. The van der Waals surface area contributed by atoms with E-state index >= 15 is 0 Å². The number of nitrogens with zero attached hydrogens (tertiary/aromatic N) is 1. The Kier molecular flexibility index (Phi) is 2.63. The van der Waals surface area contributed by atoms with Crippen molar-refractivity contribution in [3.05, 3.63) is 34.3 Å². The zero-order valence-electron chi connectivity index (χ0n) is 5.71. The van der Waals surface area contributed by atoms with E-state index in [9.17, 15) is 0 Å². The SMILES string of the molecule is C/N=C/c1cccc(Br)c1. The third-order valence-corrected chi connectivity index (χ3v) is 1.62. The Morgan fingerprint density at radius 3 is 2.90 bits per heavy atom. The number of halogens is 1. The molecule has 0 N–H and O–H groups in total. The minimum absolute atomic E-state index is 1.09. The molecule has 0 amide bonds. The molecule has 1 aromatic carbocycles. The highest BCUT2D eigenvalue weighted by atomic mass is 79.9. The second kappa shape index (κ2) is 3.52. The third-order valence-electron chi connectivity index (χ3n) is 1.13. The molecule has 0 heterocycles. The summed E-state index contributed by atoms with van der Waals surface area (Å²) < 4.78 is 1.09. The van der Waals surface area contributed by atoms with Crippen molar-refractivity contribution < 1.29 is 0 Å². The minimum atomic E-state index is 1.09. The largest absolute Gasteiger partial charge is 0.296 e. The number of hydrogen-bond acceptors (Lipinski definition) is 1. The molecule has 0 bridgehead atoms. The highest BCUT2D eigenvalue weighted by molar-refractivity contribution is 9.10. The Morgan fingerprint density at radius 1 is 1.50 bits per heavy atom. The molecule has 52 valence electrons. The quantitative estimate of drug-likeness (QED) is 0.614. The van der Waals surface area contributed by atoms with Crippen molar-refractivity contribution in [1.29, 1.82) is 0 Å². The van der Waals surface area contributed by atoms with Gasteiger partial charge >= 0.3 is 0 Å². The van der Waals surface area contributed by atoms with E-state index in [1.54, 1.807) is 7.05 Å². The summed E-state index contributed by atoms with van der Waals surface area (Å²) >= 11 is 3.37. The average molecular weight is 198 g/mol. The molecule has 0 aliphatic rings. The molecular formula is C8H8BrN. The van der Waals surface area contributed by atoms with Crippen molar-refractivity contribution in [2.24, 2.45) is 4.99 Å². The van der Waals surface area contributed by atoms with E-state index < -0.39 is 0 Å². The van der Waals surface area contributed by atoms with Gasteiger partial charge in [-0.25, -0.2) is 0 Å². The lowest BCUT2D eigenvalue weighted by Gasteiger charge is -1.91. The number of benzene rings is 1. The van der Waals surface area contributed by atoms with Gasteiger partial charge in [-0.2, -0.15) is 0 Å². The Hall–Kier alpha value is -0.630. The second-order valence-corrected chi connectivity index (χ2v) is 2.86. The Labute approximate surface area is 68.9 Å². The van der Waals surface area contributed by atoms with Crippen molar-refractivity contribution in [3.8, 4) is 0 Å². The molecule has 1 rings (SSSR count). The fourth-order valence-electron chi connectivity index (χ4n) is 0.736. The van der Waals surface area contributed by atoms with E-state index in [1.165, 1.54) is 0 Å². The summed E-state index contributed by atoms with van der Waals surface area (Å²) in [5.41, 5.74) is 1.12. The smallest absolute Gasteiger partial charge is 0.0281 e. The summed E-state index contributed by atoms with van der Waals surface area (Å²) in [6.45, 7) is 0. The van der Waals surface area contributed by atoms with Crippen LogP contribution in [0.1, 0.15) is 5.56 Å². The molecule has 0 radical (unpaired) electrons. The van der Waals surface area contributed by atoms with Crippen LogP contribution in [0.3, 0.4) is 0 Å². The van der Waals surface area contributed by atoms with Crippen molar-refractivity contribution in [3.63, 3.8) is 0 Å². The van der Waals surface area contributed by atoms with Crippen molar-refractivity contribution in [1.82, 2.24) is 0 Å². The molecule has 0 fully saturated rings. The highest BCUT2D eigenvalue weighted by Crippen LogP contribution is 2.09. The molecule has 0 saturated carbocycles. The van der Waals surface area contributed by atoms with Gasteiger partial charge in [0.05, 0.1) is 0 Å². The topological polar surface area (TPSA) is 12.4 Å². The first-order valence-corrected chi connectivity index (χ1v) is 3.80. The van der Waals surface area contributed by atoms with Crippen molar-refractivity contribution in [2.45, 2.75) is 0 Å². The maximum Gasteiger partial charge on any atom is 0.0281 e. The van der Waals surface area contributed by atoms with E-state index in [4.69, 9.17) is 0 Å². The molecule has 2 heteroatoms. The molecule has 0 spiro atoms. The van der Waals surface area contributed by atoms with E-state index in [2.05, 4.69) is 20.9 Å². The lowest BCUT2D eigenvalue weighted by Crippen LogP contribution is -1.78. The van der Waals surface area contributed by atoms with Crippen LogP contribution in [0.25, 0.3) is 0 Å². The highest BCUT2D eigenvalue weighted by Gasteiger charge is 1.86. The standard InChI is InChI=1S/C8H8BrN/c1-10-6-7-3-2-4-8(9)5-7/h2-6H,1H3/b10-6+. The van der Waals surface area contributed by atoms with Crippen LogP contribution in [-0.2, 0) is 0 Å². The predicted octanol–water partition coefficient (Wildman–Crippen LogP) is 2.50. The fourth-order valence-corrected chi connectivity index (χ4v) is 1.15. The number of hydrogen-bond donors (Lipinski definition) is 0. The Balaban J connectivity index is 2.95. The van der Waals surface area contributed by atoms with Crippen LogP contribution >= 0.6 is 15.9 Å². The van der Waals surface area contributed by atoms with Gasteiger partial charge in [-0.15, -0.1) is 0 Å². The van der Waals surface area contributed by atoms with Crippen LogP contribution in [-0.4, -0.2) is 13.3 Å². The van der Waals surface area contributed by atoms with Gasteiger partial charge in [-0.3, -0.25) is 4.99 Å². The molecule has 1 aromatic rings. The van der Waals surface area contributed by atoms with Gasteiger partial charge < -0.3 is 0 Å². The molecular weight excluding hydrogens is 190 g/mol. The maximum absolute atomic E-state index is 3.90. The molecule has 0 unspecified atom stereocenters. The summed E-state index contributed by atoms with van der Waals surface area (Å²) in [6, 6.07) is 8.01. The minimum Gasteiger partial charge on any atom is -0.296 e. The Morgan fingerprint density at radius 2 is 2.30 bits per heavy atom. The summed E-state index contributed by atoms with van der Waals surface area (Å²) in [7, 11) is 1.76. The summed E-state index contributed by atoms with van der Waals surface area (Å²) in [5.74, 6) is 0. The van der Waals surface area contributed by atoms with Crippen LogP contribution in [0.2, 0.25) is 0 Å². The molecule has 0 aliphatic heterocycles. The van der Waals surface area contributed by atoms with Gasteiger partial charge in [-0.1, -0.05) is 28.1 Å². The van der Waals surface area contributed by atoms with Gasteiger partial charge in [0, 0.05) is 17.7 Å². The molecule has 0 aliphatic carbocycles. The van der Waals surface area contributed by atoms with Crippen LogP contribution < -0.4 is 0 Å². The third kappa shape index (κ3) is 1.95. The van der Waals surface area contributed by atoms with Gasteiger partial charge in [0.15, 0.2) is 0 Å². The van der Waals surface area contributed by atoms with Crippen LogP contribution in [0, 0.1) is 0 Å². The van der Waals surface area contributed by atoms with E-state index in [0.29, 0.717) is 0 Å². The zero-order chi connectivity index (χ0) is 7.40. The first kappa shape index (κ1) is 7.48. The van der Waals surface area contributed by atoms with Crippen molar-refractivity contribution in [2.75, 3.05) is 7.05 Å². The monoisotopic (exact) mass is 197 g/mol. The fraction of sp³-hybridized carbons (Fsp3) is 0.125. The van der Waals surface area contributed by atoms with Crippen LogP contribution in [0.5, 0.6) is 0 Å². The number of aliphatic imine (C=N–C) groups is 1. The predicted molar refractivity (Wildman–Crippen MR) is 47.7 cm³/mol. The van der Waals surface area contributed by atoms with E-state index in [0.717, 1.165) is 10.0 Å². The summed E-state index contributed by atoms with van der Waals surface area (Å²) in [4.78, 5) is 3.90. The van der Waals surface area contributed by atoms with Crippen molar-refractivity contribution >= 4 is 22.1 Å². The van der Waals surface area contributed by atoms with Gasteiger partial charge in [0.25, 0.3) is 0 Å². The maximum atomic E-state index is 3.90. The summed E-state index contributed by atoms with van der Waals surface area (Å²) in [5, 5.41) is 0. The zero-order valence-corrected chi connectivity index (χ0v) is 7.30. The first-order chi connectivity index (χ1) is 4.83. The lowest BCUT2D eigenvalue weighted by atomic mass is 10.2. The molecule has 0 atom stereocenters. The van der Waals surface area contributed by atoms with Gasteiger partial charge in [-0.05, 0) is 17.7 Å². The van der Waals surface area contributed by atoms with E-state index in [-0.39, 0.29) is 0 Å². The first-order valence-electron chi connectivity index (χ1n) is 3.00. The van der Waals surface area contributed by atoms with Gasteiger partial charge in [0.2, 0.25) is 0 Å². The van der Waals surface area contributed by atoms with Gasteiger partial charge in [0.1, 0.15) is 0 Å². The molecule has 1 nitrogen and oxygen atoms in total. The summed E-state index contributed by atoms with van der Waals surface area (Å²) in [6.07, 6.45) is 1.82. The molecule has 0 saturated heterocycles. The van der Waals surface area contributed by atoms with E-state index in [1.807, 2.05) is 30.5 Å². The van der Waals surface area contributed by atoms with Crippen LogP contribution in [0.15, 0.2) is 33.7 Å². The number of rotatable bonds is 1. The lowest BCUT2D eigenvalue weighted by molar-refractivity contribution is 1.46.